The monoisotopic (exact) mass is 448 g/mol. The van der Waals surface area contributed by atoms with Crippen LogP contribution in [-0.2, 0) is 32.1 Å². The maximum absolute atomic E-state index is 12.1. The van der Waals surface area contributed by atoms with Gasteiger partial charge in [0.15, 0.2) is 0 Å². The number of nitrogens with one attached hydrogen (secondary N) is 2. The predicted octanol–water partition coefficient (Wildman–Crippen LogP) is 2.58. The Hall–Kier alpha value is -2.87. The van der Waals surface area contributed by atoms with E-state index in [9.17, 15) is 14.4 Å². The van der Waals surface area contributed by atoms with Gasteiger partial charge in [0.2, 0.25) is 5.91 Å². The molecule has 0 saturated carbocycles. The number of alkyl carbamates (subject to hydrolysis) is 1. The minimum Gasteiger partial charge on any atom is -0.467 e. The Morgan fingerprint density at radius 2 is 1.71 bits per heavy atom. The summed E-state index contributed by atoms with van der Waals surface area (Å²) in [5.74, 6) is -1.10. The average Bonchev–Trinajstić information content (AvgIpc) is 2.72. The zero-order chi connectivity index (χ0) is 20.4. The lowest BCUT2D eigenvalue weighted by Gasteiger charge is -2.17. The molecule has 1 atom stereocenters. The summed E-state index contributed by atoms with van der Waals surface area (Å²) in [6, 6.07) is 15.7. The highest BCUT2D eigenvalue weighted by Crippen LogP contribution is 2.17. The van der Waals surface area contributed by atoms with E-state index in [0.29, 0.717) is 0 Å². The zero-order valence-corrected chi connectivity index (χ0v) is 16.9. The largest absolute Gasteiger partial charge is 0.467 e. The first-order valence-electron chi connectivity index (χ1n) is 8.54. The van der Waals surface area contributed by atoms with Crippen molar-refractivity contribution in [3.8, 4) is 0 Å². The van der Waals surface area contributed by atoms with Gasteiger partial charge >= 0.3 is 12.1 Å². The average molecular weight is 449 g/mol. The van der Waals surface area contributed by atoms with Crippen molar-refractivity contribution in [2.75, 3.05) is 13.7 Å². The van der Waals surface area contributed by atoms with Crippen molar-refractivity contribution in [2.24, 2.45) is 0 Å². The zero-order valence-electron chi connectivity index (χ0n) is 15.3. The summed E-state index contributed by atoms with van der Waals surface area (Å²) in [4.78, 5) is 35.8. The topological polar surface area (TPSA) is 93.7 Å². The number of carbonyl (C=O) groups excluding carboxylic acids is 3. The van der Waals surface area contributed by atoms with Gasteiger partial charge in [-0.15, -0.1) is 0 Å². The molecule has 2 amide bonds. The van der Waals surface area contributed by atoms with Crippen LogP contribution in [0.15, 0.2) is 59.1 Å². The van der Waals surface area contributed by atoms with Crippen molar-refractivity contribution in [3.63, 3.8) is 0 Å². The van der Waals surface area contributed by atoms with Crippen LogP contribution in [0.4, 0.5) is 4.79 Å². The van der Waals surface area contributed by atoms with Crippen LogP contribution in [0, 0.1) is 0 Å². The molecule has 0 saturated heterocycles. The molecule has 28 heavy (non-hydrogen) atoms. The Morgan fingerprint density at radius 1 is 1.04 bits per heavy atom. The minimum atomic E-state index is -0.877. The number of amides is 2. The van der Waals surface area contributed by atoms with Crippen LogP contribution in [0.2, 0.25) is 0 Å². The number of hydrogen-bond acceptors (Lipinski definition) is 5. The van der Waals surface area contributed by atoms with Crippen molar-refractivity contribution < 1.29 is 23.9 Å². The first-order valence-corrected chi connectivity index (χ1v) is 9.34. The predicted molar refractivity (Wildman–Crippen MR) is 106 cm³/mol. The van der Waals surface area contributed by atoms with Crippen LogP contribution in [0.1, 0.15) is 11.1 Å². The van der Waals surface area contributed by atoms with Gasteiger partial charge < -0.3 is 20.1 Å². The van der Waals surface area contributed by atoms with E-state index in [1.54, 1.807) is 0 Å². The number of rotatable bonds is 8. The Kier molecular flexibility index (Phi) is 8.48. The molecule has 0 heterocycles. The molecule has 2 N–H and O–H groups in total. The number of halogens is 1. The lowest BCUT2D eigenvalue weighted by atomic mass is 10.1. The van der Waals surface area contributed by atoms with Crippen LogP contribution in [0.5, 0.6) is 0 Å². The molecule has 7 nitrogen and oxygen atoms in total. The van der Waals surface area contributed by atoms with Gasteiger partial charge in [-0.05, 0) is 17.2 Å². The van der Waals surface area contributed by atoms with E-state index in [1.165, 1.54) is 7.11 Å². The summed E-state index contributed by atoms with van der Waals surface area (Å²) >= 11 is 3.41. The van der Waals surface area contributed by atoms with E-state index >= 15 is 0 Å². The molecule has 0 spiro atoms. The number of methoxy groups -OCH3 is 1. The van der Waals surface area contributed by atoms with Gasteiger partial charge in [0.05, 0.1) is 7.11 Å². The number of benzene rings is 2. The molecule has 2 aromatic carbocycles. The van der Waals surface area contributed by atoms with Gasteiger partial charge in [-0.25, -0.2) is 9.59 Å². The van der Waals surface area contributed by atoms with Crippen molar-refractivity contribution in [3.05, 3.63) is 70.2 Å². The number of carbonyl (C=O) groups is 3. The standard InChI is InChI=1S/C20H21BrN2O5/c1-27-19(25)17(11-15-9-5-6-10-16(15)21)23-18(24)12-22-20(26)28-13-14-7-3-2-4-8-14/h2-10,17H,11-13H2,1H3,(H,22,26)(H,23,24). The first kappa shape index (κ1) is 21.4. The van der Waals surface area contributed by atoms with Crippen molar-refractivity contribution in [1.29, 1.82) is 0 Å². The molecule has 0 radical (unpaired) electrons. The third-order valence-corrected chi connectivity index (χ3v) is 4.58. The summed E-state index contributed by atoms with van der Waals surface area (Å²) in [5.41, 5.74) is 1.68. The van der Waals surface area contributed by atoms with E-state index in [0.717, 1.165) is 15.6 Å². The lowest BCUT2D eigenvalue weighted by molar-refractivity contribution is -0.144. The van der Waals surface area contributed by atoms with E-state index in [2.05, 4.69) is 26.6 Å². The fourth-order valence-electron chi connectivity index (χ4n) is 2.39. The highest BCUT2D eigenvalue weighted by atomic mass is 79.9. The molecule has 0 aliphatic heterocycles. The van der Waals surface area contributed by atoms with E-state index < -0.39 is 24.0 Å². The fourth-order valence-corrected chi connectivity index (χ4v) is 2.84. The second kappa shape index (κ2) is 11.1. The molecule has 0 aliphatic rings. The van der Waals surface area contributed by atoms with Crippen LogP contribution < -0.4 is 10.6 Å². The maximum atomic E-state index is 12.1. The molecule has 148 valence electrons. The summed E-state index contributed by atoms with van der Waals surface area (Å²) in [5, 5.41) is 4.92. The SMILES string of the molecule is COC(=O)C(Cc1ccccc1Br)NC(=O)CNC(=O)OCc1ccccc1. The summed E-state index contributed by atoms with van der Waals surface area (Å²) < 4.78 is 10.6. The van der Waals surface area contributed by atoms with Crippen molar-refractivity contribution in [2.45, 2.75) is 19.1 Å². The highest BCUT2D eigenvalue weighted by molar-refractivity contribution is 9.10. The van der Waals surface area contributed by atoms with Crippen molar-refractivity contribution >= 4 is 33.9 Å². The van der Waals surface area contributed by atoms with Gasteiger partial charge in [0.1, 0.15) is 19.2 Å². The third-order valence-electron chi connectivity index (χ3n) is 3.81. The molecule has 0 aliphatic carbocycles. The minimum absolute atomic E-state index is 0.0983. The van der Waals surface area contributed by atoms with Gasteiger partial charge in [0.25, 0.3) is 0 Å². The van der Waals surface area contributed by atoms with E-state index in [4.69, 9.17) is 9.47 Å². The molecule has 2 rings (SSSR count). The van der Waals surface area contributed by atoms with Gasteiger partial charge in [-0.2, -0.15) is 0 Å². The smallest absolute Gasteiger partial charge is 0.407 e. The molecular weight excluding hydrogens is 428 g/mol. The van der Waals surface area contributed by atoms with Crippen LogP contribution in [-0.4, -0.2) is 37.7 Å². The number of hydrogen-bond donors (Lipinski definition) is 2. The lowest BCUT2D eigenvalue weighted by Crippen LogP contribution is -2.47. The van der Waals surface area contributed by atoms with Gasteiger partial charge in [0, 0.05) is 10.9 Å². The maximum Gasteiger partial charge on any atom is 0.407 e. The Balaban J connectivity index is 1.83. The molecule has 2 aromatic rings. The normalized spacial score (nSPS) is 11.2. The summed E-state index contributed by atoms with van der Waals surface area (Å²) in [7, 11) is 1.25. The van der Waals surface area contributed by atoms with Gasteiger partial charge in [-0.1, -0.05) is 64.5 Å². The third kappa shape index (κ3) is 7.03. The van der Waals surface area contributed by atoms with Crippen molar-refractivity contribution in [1.82, 2.24) is 10.6 Å². The molecule has 0 aromatic heterocycles. The van der Waals surface area contributed by atoms with Crippen LogP contribution in [0.25, 0.3) is 0 Å². The number of esters is 1. The molecular formula is C20H21BrN2O5. The molecule has 1 unspecified atom stereocenters. The summed E-state index contributed by atoms with van der Waals surface area (Å²) in [6.45, 7) is -0.224. The Morgan fingerprint density at radius 3 is 2.39 bits per heavy atom. The first-order chi connectivity index (χ1) is 13.5. The quantitative estimate of drug-likeness (QED) is 0.605. The second-order valence-corrected chi connectivity index (χ2v) is 6.71. The Labute approximate surface area is 171 Å². The van der Waals surface area contributed by atoms with Crippen LogP contribution >= 0.6 is 15.9 Å². The van der Waals surface area contributed by atoms with E-state index in [-0.39, 0.29) is 19.6 Å². The fraction of sp³-hybridized carbons (Fsp3) is 0.250. The van der Waals surface area contributed by atoms with E-state index in [1.807, 2.05) is 54.6 Å². The van der Waals surface area contributed by atoms with Crippen LogP contribution in [0.3, 0.4) is 0 Å². The second-order valence-electron chi connectivity index (χ2n) is 5.85. The highest BCUT2D eigenvalue weighted by Gasteiger charge is 2.23. The number of ether oxygens (including phenoxy) is 2. The Bertz CT molecular complexity index is 813. The van der Waals surface area contributed by atoms with Gasteiger partial charge in [-0.3, -0.25) is 4.79 Å². The molecule has 8 heteroatoms. The molecule has 0 bridgehead atoms. The molecule has 0 fully saturated rings. The summed E-state index contributed by atoms with van der Waals surface area (Å²) in [6.07, 6.45) is -0.474.